The fourth-order valence-corrected chi connectivity index (χ4v) is 1.72. The highest BCUT2D eigenvalue weighted by atomic mass is 79.9. The molecule has 2 unspecified atom stereocenters. The second-order valence-corrected chi connectivity index (χ2v) is 4.18. The lowest BCUT2D eigenvalue weighted by Crippen LogP contribution is -2.14. The van der Waals surface area contributed by atoms with Crippen LogP contribution in [-0.4, -0.2) is 11.1 Å². The first-order valence-corrected chi connectivity index (χ1v) is 3.73. The van der Waals surface area contributed by atoms with Crippen LogP contribution in [0.1, 0.15) is 20.8 Å². The first-order chi connectivity index (χ1) is 3.52. The van der Waals surface area contributed by atoms with Gasteiger partial charge in [0.15, 0.2) is 0 Å². The first-order valence-electron chi connectivity index (χ1n) is 2.81. The monoisotopic (exact) mass is 178 g/mol. The molecule has 1 aliphatic heterocycles. The van der Waals surface area contributed by atoms with Crippen molar-refractivity contribution in [3.8, 4) is 0 Å². The van der Waals surface area contributed by atoms with Crippen molar-refractivity contribution in [1.82, 2.24) is 0 Å². The maximum absolute atomic E-state index is 5.20. The summed E-state index contributed by atoms with van der Waals surface area (Å²) in [6.07, 6.45) is 0.433. The number of hydrogen-bond donors (Lipinski definition) is 0. The fourth-order valence-electron chi connectivity index (χ4n) is 0.692. The van der Waals surface area contributed by atoms with Crippen LogP contribution in [0.5, 0.6) is 0 Å². The molecular weight excluding hydrogens is 168 g/mol. The van der Waals surface area contributed by atoms with Gasteiger partial charge < -0.3 is 4.74 Å². The molecule has 0 aromatic carbocycles. The van der Waals surface area contributed by atoms with Crippen LogP contribution in [0.15, 0.2) is 0 Å². The van der Waals surface area contributed by atoms with Crippen LogP contribution in [0, 0.1) is 5.41 Å². The lowest BCUT2D eigenvalue weighted by Gasteiger charge is -2.12. The third kappa shape index (κ3) is 1.23. The molecule has 1 heterocycles. The minimum Gasteiger partial charge on any atom is -0.357 e. The Hall–Kier alpha value is 0.440. The summed E-state index contributed by atoms with van der Waals surface area (Å²) in [5, 5.41) is 0.322. The standard InChI is InChI=1S/C6H11BrO/c1-6(2,3)4-5(7)8-4/h4-5H,1-3H3. The summed E-state index contributed by atoms with van der Waals surface area (Å²) in [5.41, 5.74) is 0.314. The van der Waals surface area contributed by atoms with Crippen LogP contribution >= 0.6 is 15.9 Å². The summed E-state index contributed by atoms with van der Waals surface area (Å²) in [7, 11) is 0. The number of halogens is 1. The molecule has 0 bridgehead atoms. The second-order valence-electron chi connectivity index (χ2n) is 3.27. The summed E-state index contributed by atoms with van der Waals surface area (Å²) in [6.45, 7) is 6.54. The van der Waals surface area contributed by atoms with Gasteiger partial charge in [0, 0.05) is 0 Å². The van der Waals surface area contributed by atoms with Crippen LogP contribution in [0.2, 0.25) is 0 Å². The molecule has 1 fully saturated rings. The van der Waals surface area contributed by atoms with Gasteiger partial charge in [0.2, 0.25) is 0 Å². The Morgan fingerprint density at radius 2 is 1.75 bits per heavy atom. The number of rotatable bonds is 0. The molecule has 0 amide bonds. The Morgan fingerprint density at radius 1 is 1.38 bits per heavy atom. The van der Waals surface area contributed by atoms with Gasteiger partial charge in [-0.3, -0.25) is 0 Å². The zero-order valence-corrected chi connectivity index (χ0v) is 7.03. The van der Waals surface area contributed by atoms with Gasteiger partial charge >= 0.3 is 0 Å². The van der Waals surface area contributed by atoms with E-state index >= 15 is 0 Å². The number of hydrogen-bond acceptors (Lipinski definition) is 1. The van der Waals surface area contributed by atoms with Crippen molar-refractivity contribution in [2.75, 3.05) is 0 Å². The highest BCUT2D eigenvalue weighted by molar-refractivity contribution is 9.09. The highest BCUT2D eigenvalue weighted by Crippen LogP contribution is 2.40. The Bertz CT molecular complexity index is 95.2. The van der Waals surface area contributed by atoms with Crippen LogP contribution in [0.4, 0.5) is 0 Å². The molecule has 0 N–H and O–H groups in total. The molecule has 1 aliphatic rings. The quantitative estimate of drug-likeness (QED) is 0.410. The normalized spacial score (nSPS) is 37.5. The average molecular weight is 179 g/mol. The molecule has 1 saturated heterocycles. The van der Waals surface area contributed by atoms with Crippen molar-refractivity contribution in [3.63, 3.8) is 0 Å². The molecule has 2 heteroatoms. The van der Waals surface area contributed by atoms with E-state index in [4.69, 9.17) is 4.74 Å². The van der Waals surface area contributed by atoms with Gasteiger partial charge in [0.1, 0.15) is 11.1 Å². The van der Waals surface area contributed by atoms with Crippen molar-refractivity contribution in [1.29, 1.82) is 0 Å². The fraction of sp³-hybridized carbons (Fsp3) is 1.00. The van der Waals surface area contributed by atoms with Gasteiger partial charge in [-0.1, -0.05) is 36.7 Å². The Balaban J connectivity index is 2.39. The lowest BCUT2D eigenvalue weighted by atomic mass is 9.93. The largest absolute Gasteiger partial charge is 0.357 e. The van der Waals surface area contributed by atoms with Gasteiger partial charge in [-0.2, -0.15) is 0 Å². The van der Waals surface area contributed by atoms with Crippen LogP contribution in [0.3, 0.4) is 0 Å². The van der Waals surface area contributed by atoms with Gasteiger partial charge in [0.25, 0.3) is 0 Å². The molecule has 0 aliphatic carbocycles. The molecular formula is C6H11BrO. The Kier molecular flexibility index (Phi) is 1.40. The molecule has 0 saturated carbocycles. The van der Waals surface area contributed by atoms with E-state index in [2.05, 4.69) is 36.7 Å². The predicted molar refractivity (Wildman–Crippen MR) is 37.0 cm³/mol. The molecule has 0 spiro atoms. The summed E-state index contributed by atoms with van der Waals surface area (Å²) in [5.74, 6) is 0. The minimum absolute atomic E-state index is 0.314. The van der Waals surface area contributed by atoms with Crippen molar-refractivity contribution in [3.05, 3.63) is 0 Å². The van der Waals surface area contributed by atoms with E-state index in [1.165, 1.54) is 0 Å². The van der Waals surface area contributed by atoms with E-state index in [1.54, 1.807) is 0 Å². The van der Waals surface area contributed by atoms with Crippen LogP contribution in [-0.2, 0) is 4.74 Å². The number of alkyl halides is 1. The maximum Gasteiger partial charge on any atom is 0.139 e. The maximum atomic E-state index is 5.20. The van der Waals surface area contributed by atoms with Gasteiger partial charge in [-0.05, 0) is 5.41 Å². The van der Waals surface area contributed by atoms with E-state index in [-0.39, 0.29) is 0 Å². The first kappa shape index (κ1) is 6.56. The SMILES string of the molecule is CC(C)(C)C1OC1Br. The van der Waals surface area contributed by atoms with Gasteiger partial charge in [0.05, 0.1) is 0 Å². The lowest BCUT2D eigenvalue weighted by molar-refractivity contribution is 0.265. The van der Waals surface area contributed by atoms with E-state index in [9.17, 15) is 0 Å². The molecule has 8 heavy (non-hydrogen) atoms. The van der Waals surface area contributed by atoms with Crippen molar-refractivity contribution in [2.24, 2.45) is 5.41 Å². The third-order valence-corrected chi connectivity index (χ3v) is 1.99. The smallest absolute Gasteiger partial charge is 0.139 e. The van der Waals surface area contributed by atoms with Crippen LogP contribution in [0.25, 0.3) is 0 Å². The van der Waals surface area contributed by atoms with Crippen molar-refractivity contribution >= 4 is 15.9 Å². The molecule has 2 atom stereocenters. The van der Waals surface area contributed by atoms with E-state index in [0.717, 1.165) is 0 Å². The van der Waals surface area contributed by atoms with E-state index < -0.39 is 0 Å². The van der Waals surface area contributed by atoms with Crippen molar-refractivity contribution in [2.45, 2.75) is 31.9 Å². The topological polar surface area (TPSA) is 12.5 Å². The highest BCUT2D eigenvalue weighted by Gasteiger charge is 2.45. The summed E-state index contributed by atoms with van der Waals surface area (Å²) >= 11 is 3.36. The minimum atomic E-state index is 0.314. The summed E-state index contributed by atoms with van der Waals surface area (Å²) in [6, 6.07) is 0. The predicted octanol–water partition coefficient (Wildman–Crippen LogP) is 2.15. The zero-order valence-electron chi connectivity index (χ0n) is 5.44. The molecule has 1 rings (SSSR count). The van der Waals surface area contributed by atoms with Crippen molar-refractivity contribution < 1.29 is 4.74 Å². The van der Waals surface area contributed by atoms with Gasteiger partial charge in [-0.15, -0.1) is 0 Å². The summed E-state index contributed by atoms with van der Waals surface area (Å²) < 4.78 is 5.20. The van der Waals surface area contributed by atoms with Gasteiger partial charge in [-0.25, -0.2) is 0 Å². The zero-order chi connectivity index (χ0) is 6.36. The second kappa shape index (κ2) is 1.71. The number of ether oxygens (including phenoxy) is 1. The third-order valence-electron chi connectivity index (χ3n) is 1.29. The van der Waals surface area contributed by atoms with Crippen LogP contribution < -0.4 is 0 Å². The molecule has 0 radical (unpaired) electrons. The Labute approximate surface area is 58.5 Å². The molecule has 0 aromatic heterocycles. The van der Waals surface area contributed by atoms with E-state index in [0.29, 0.717) is 16.5 Å². The molecule has 0 aromatic rings. The average Bonchev–Trinajstić information content (AvgIpc) is 2.13. The van der Waals surface area contributed by atoms with E-state index in [1.807, 2.05) is 0 Å². The molecule has 1 nitrogen and oxygen atoms in total. The Morgan fingerprint density at radius 3 is 1.75 bits per heavy atom. The summed E-state index contributed by atoms with van der Waals surface area (Å²) in [4.78, 5) is 0. The number of epoxide rings is 1. The molecule has 48 valence electrons.